The summed E-state index contributed by atoms with van der Waals surface area (Å²) in [5.74, 6) is 0.279. The second-order valence-electron chi connectivity index (χ2n) is 4.13. The van der Waals surface area contributed by atoms with E-state index in [9.17, 15) is 13.2 Å². The highest BCUT2D eigenvalue weighted by Crippen LogP contribution is 2.33. The summed E-state index contributed by atoms with van der Waals surface area (Å²) in [5, 5.41) is 3.36. The molecule has 1 aromatic carbocycles. The molecule has 0 unspecified atom stereocenters. The largest absolute Gasteiger partial charge is 0.437 e. The topological polar surface area (TPSA) is 53.1 Å². The lowest BCUT2D eigenvalue weighted by atomic mass is 10.2. The SMILES string of the molecule is Cc1ccc(N)c(Oc2cc(C(F)(F)F)nn2C)c1. The van der Waals surface area contributed by atoms with Crippen LogP contribution in [0.3, 0.4) is 0 Å². The number of benzene rings is 1. The summed E-state index contributed by atoms with van der Waals surface area (Å²) in [7, 11) is 1.37. The number of rotatable bonds is 2. The number of aryl methyl sites for hydroxylation is 2. The van der Waals surface area contributed by atoms with Crippen LogP contribution in [0.4, 0.5) is 18.9 Å². The van der Waals surface area contributed by atoms with Crippen LogP contribution in [0, 0.1) is 6.92 Å². The quantitative estimate of drug-likeness (QED) is 0.854. The summed E-state index contributed by atoms with van der Waals surface area (Å²) >= 11 is 0. The maximum atomic E-state index is 12.5. The van der Waals surface area contributed by atoms with E-state index in [1.54, 1.807) is 18.2 Å². The van der Waals surface area contributed by atoms with Crippen LogP contribution in [0.5, 0.6) is 11.6 Å². The van der Waals surface area contributed by atoms with Crippen molar-refractivity contribution in [3.05, 3.63) is 35.5 Å². The maximum absolute atomic E-state index is 12.5. The van der Waals surface area contributed by atoms with Crippen molar-refractivity contribution in [1.82, 2.24) is 9.78 Å². The van der Waals surface area contributed by atoms with E-state index in [-0.39, 0.29) is 5.88 Å². The minimum Gasteiger partial charge on any atom is -0.437 e. The van der Waals surface area contributed by atoms with E-state index < -0.39 is 11.9 Å². The zero-order chi connectivity index (χ0) is 14.2. The fourth-order valence-corrected chi connectivity index (χ4v) is 1.53. The number of nitrogens with zero attached hydrogens (tertiary/aromatic N) is 2. The van der Waals surface area contributed by atoms with Crippen LogP contribution >= 0.6 is 0 Å². The molecule has 0 saturated carbocycles. The lowest BCUT2D eigenvalue weighted by Crippen LogP contribution is -2.06. The Balaban J connectivity index is 2.34. The molecule has 7 heteroatoms. The third kappa shape index (κ3) is 2.81. The lowest BCUT2D eigenvalue weighted by molar-refractivity contribution is -0.141. The van der Waals surface area contributed by atoms with Gasteiger partial charge in [-0.3, -0.25) is 0 Å². The molecule has 19 heavy (non-hydrogen) atoms. The minimum absolute atomic E-state index is 0.0235. The Morgan fingerprint density at radius 2 is 1.95 bits per heavy atom. The molecule has 1 heterocycles. The molecule has 0 fully saturated rings. The summed E-state index contributed by atoms with van der Waals surface area (Å²) in [6, 6.07) is 5.90. The summed E-state index contributed by atoms with van der Waals surface area (Å²) in [6.07, 6.45) is -4.50. The van der Waals surface area contributed by atoms with Crippen molar-refractivity contribution in [2.75, 3.05) is 5.73 Å². The van der Waals surface area contributed by atoms with Crippen molar-refractivity contribution in [2.24, 2.45) is 7.05 Å². The van der Waals surface area contributed by atoms with Gasteiger partial charge < -0.3 is 10.5 Å². The van der Waals surface area contributed by atoms with E-state index in [2.05, 4.69) is 5.10 Å². The van der Waals surface area contributed by atoms with Crippen LogP contribution in [0.2, 0.25) is 0 Å². The summed E-state index contributed by atoms with van der Waals surface area (Å²) in [5.41, 5.74) is 5.94. The molecule has 2 N–H and O–H groups in total. The summed E-state index contributed by atoms with van der Waals surface area (Å²) in [6.45, 7) is 1.83. The van der Waals surface area contributed by atoms with Gasteiger partial charge in [-0.15, -0.1) is 0 Å². The van der Waals surface area contributed by atoms with E-state index in [4.69, 9.17) is 10.5 Å². The van der Waals surface area contributed by atoms with E-state index in [1.807, 2.05) is 6.92 Å². The first-order valence-corrected chi connectivity index (χ1v) is 5.42. The van der Waals surface area contributed by atoms with Crippen LogP contribution in [0.1, 0.15) is 11.3 Å². The summed E-state index contributed by atoms with van der Waals surface area (Å²) < 4.78 is 43.9. The highest BCUT2D eigenvalue weighted by molar-refractivity contribution is 5.54. The van der Waals surface area contributed by atoms with Crippen LogP contribution in [-0.2, 0) is 13.2 Å². The van der Waals surface area contributed by atoms with Gasteiger partial charge in [0.1, 0.15) is 0 Å². The van der Waals surface area contributed by atoms with Gasteiger partial charge in [-0.05, 0) is 24.6 Å². The standard InChI is InChI=1S/C12H12F3N3O/c1-7-3-4-8(16)9(5-7)19-11-6-10(12(13,14)15)17-18(11)2/h3-6H,16H2,1-2H3. The maximum Gasteiger partial charge on any atom is 0.435 e. The highest BCUT2D eigenvalue weighted by atomic mass is 19.4. The molecule has 0 atom stereocenters. The Kier molecular flexibility index (Phi) is 3.13. The van der Waals surface area contributed by atoms with Gasteiger partial charge in [-0.2, -0.15) is 18.3 Å². The predicted molar refractivity (Wildman–Crippen MR) is 63.9 cm³/mol. The fraction of sp³-hybridized carbons (Fsp3) is 0.250. The van der Waals surface area contributed by atoms with Gasteiger partial charge in [-0.1, -0.05) is 6.07 Å². The van der Waals surface area contributed by atoms with Gasteiger partial charge in [-0.25, -0.2) is 4.68 Å². The first-order chi connectivity index (χ1) is 8.77. The molecule has 102 valence electrons. The number of hydrogen-bond donors (Lipinski definition) is 1. The number of alkyl halides is 3. The number of nitrogen functional groups attached to an aromatic ring is 1. The number of nitrogens with two attached hydrogens (primary N) is 1. The van der Waals surface area contributed by atoms with Crippen LogP contribution in [0.15, 0.2) is 24.3 Å². The second kappa shape index (κ2) is 4.49. The summed E-state index contributed by atoms with van der Waals surface area (Å²) in [4.78, 5) is 0. The van der Waals surface area contributed by atoms with Gasteiger partial charge in [0, 0.05) is 13.1 Å². The van der Waals surface area contributed by atoms with Crippen molar-refractivity contribution >= 4 is 5.69 Å². The third-order valence-corrected chi connectivity index (χ3v) is 2.51. The van der Waals surface area contributed by atoms with Crippen LogP contribution in [-0.4, -0.2) is 9.78 Å². The Morgan fingerprint density at radius 1 is 1.26 bits per heavy atom. The van der Waals surface area contributed by atoms with Gasteiger partial charge in [0.2, 0.25) is 5.88 Å². The molecule has 0 aliphatic rings. The van der Waals surface area contributed by atoms with E-state index >= 15 is 0 Å². The molecule has 0 saturated heterocycles. The fourth-order valence-electron chi connectivity index (χ4n) is 1.53. The molecule has 0 radical (unpaired) electrons. The normalized spacial score (nSPS) is 11.6. The van der Waals surface area contributed by atoms with Crippen molar-refractivity contribution < 1.29 is 17.9 Å². The molecule has 0 bridgehead atoms. The van der Waals surface area contributed by atoms with Crippen molar-refractivity contribution in [1.29, 1.82) is 0 Å². The molecule has 0 aliphatic carbocycles. The second-order valence-corrected chi connectivity index (χ2v) is 4.13. The third-order valence-electron chi connectivity index (χ3n) is 2.51. The monoisotopic (exact) mass is 271 g/mol. The number of halogens is 3. The Bertz CT molecular complexity index is 605. The Hall–Kier alpha value is -2.18. The minimum atomic E-state index is -4.50. The zero-order valence-corrected chi connectivity index (χ0v) is 10.3. The van der Waals surface area contributed by atoms with Gasteiger partial charge in [0.15, 0.2) is 11.4 Å². The molecule has 2 rings (SSSR count). The smallest absolute Gasteiger partial charge is 0.435 e. The van der Waals surface area contributed by atoms with Crippen molar-refractivity contribution in [2.45, 2.75) is 13.1 Å². The van der Waals surface area contributed by atoms with E-state index in [0.29, 0.717) is 11.4 Å². The Morgan fingerprint density at radius 3 is 2.53 bits per heavy atom. The number of aromatic nitrogens is 2. The molecule has 1 aromatic heterocycles. The van der Waals surface area contributed by atoms with Gasteiger partial charge >= 0.3 is 6.18 Å². The highest BCUT2D eigenvalue weighted by Gasteiger charge is 2.35. The molecule has 0 aliphatic heterocycles. The average molecular weight is 271 g/mol. The van der Waals surface area contributed by atoms with Gasteiger partial charge in [0.05, 0.1) is 5.69 Å². The predicted octanol–water partition coefficient (Wildman–Crippen LogP) is 3.12. The first kappa shape index (κ1) is 13.3. The lowest BCUT2D eigenvalue weighted by Gasteiger charge is -2.08. The first-order valence-electron chi connectivity index (χ1n) is 5.42. The molecule has 0 amide bonds. The number of hydrogen-bond acceptors (Lipinski definition) is 3. The van der Waals surface area contributed by atoms with Crippen LogP contribution < -0.4 is 10.5 Å². The molecule has 0 spiro atoms. The molecular formula is C12H12F3N3O. The molecular weight excluding hydrogens is 259 g/mol. The number of anilines is 1. The zero-order valence-electron chi connectivity index (χ0n) is 10.3. The molecule has 4 nitrogen and oxygen atoms in total. The van der Waals surface area contributed by atoms with E-state index in [0.717, 1.165) is 16.3 Å². The molecule has 2 aromatic rings. The van der Waals surface area contributed by atoms with Crippen molar-refractivity contribution in [3.63, 3.8) is 0 Å². The van der Waals surface area contributed by atoms with E-state index in [1.165, 1.54) is 7.05 Å². The van der Waals surface area contributed by atoms with Crippen LogP contribution in [0.25, 0.3) is 0 Å². The Labute approximate surface area is 107 Å². The average Bonchev–Trinajstić information content (AvgIpc) is 2.65. The van der Waals surface area contributed by atoms with Crippen molar-refractivity contribution in [3.8, 4) is 11.6 Å². The van der Waals surface area contributed by atoms with Gasteiger partial charge in [0.25, 0.3) is 0 Å². The number of ether oxygens (including phenoxy) is 1.